The lowest BCUT2D eigenvalue weighted by molar-refractivity contribution is -0.164. The zero-order chi connectivity index (χ0) is 31.5. The molecule has 0 bridgehead atoms. The van der Waals surface area contributed by atoms with Crippen LogP contribution in [0.1, 0.15) is 70.0 Å². The molecule has 42 heavy (non-hydrogen) atoms. The van der Waals surface area contributed by atoms with Crippen LogP contribution in [-0.4, -0.2) is 49.4 Å². The van der Waals surface area contributed by atoms with Crippen LogP contribution in [-0.2, 0) is 11.2 Å². The summed E-state index contributed by atoms with van der Waals surface area (Å²) in [5.41, 5.74) is -1.66. The molecule has 0 atom stereocenters. The number of hydrogen-bond acceptors (Lipinski definition) is 6. The van der Waals surface area contributed by atoms with Crippen LogP contribution >= 0.6 is 11.6 Å². The lowest BCUT2D eigenvalue weighted by Gasteiger charge is -2.63. The maximum absolute atomic E-state index is 15.0. The van der Waals surface area contributed by atoms with Crippen molar-refractivity contribution in [1.29, 1.82) is 5.26 Å². The zero-order valence-electron chi connectivity index (χ0n) is 25.1. The Labute approximate surface area is 251 Å². The Hall–Kier alpha value is -3.42. The van der Waals surface area contributed by atoms with Gasteiger partial charge in [0, 0.05) is 36.0 Å². The van der Waals surface area contributed by atoms with Gasteiger partial charge in [0.2, 0.25) is 0 Å². The molecule has 2 aromatic carbocycles. The van der Waals surface area contributed by atoms with Gasteiger partial charge in [0.15, 0.2) is 0 Å². The first-order valence-corrected chi connectivity index (χ1v) is 14.2. The second-order valence-electron chi connectivity index (χ2n) is 12.7. The monoisotopic (exact) mass is 604 g/mol. The largest absolute Gasteiger partial charge is 0.489 e. The van der Waals surface area contributed by atoms with Gasteiger partial charge in [0.25, 0.3) is 5.91 Å². The van der Waals surface area contributed by atoms with Gasteiger partial charge in [-0.3, -0.25) is 4.79 Å². The van der Waals surface area contributed by atoms with Crippen molar-refractivity contribution in [3.8, 4) is 11.8 Å². The van der Waals surface area contributed by atoms with Gasteiger partial charge in [0.05, 0.1) is 10.6 Å². The molecule has 3 rings (SSSR count). The van der Waals surface area contributed by atoms with E-state index in [9.17, 15) is 18.4 Å². The Kier molecular flexibility index (Phi) is 10.1. The number of nitriles is 1. The molecule has 0 aliphatic heterocycles. The summed E-state index contributed by atoms with van der Waals surface area (Å²) in [5, 5.41) is 17.9. The number of carbonyl (C=O) groups is 2. The number of hydrogen-bond donors (Lipinski definition) is 3. The summed E-state index contributed by atoms with van der Waals surface area (Å²) in [5.74, 6) is -2.24. The predicted molar refractivity (Wildman–Crippen MR) is 157 cm³/mol. The molecule has 1 fully saturated rings. The van der Waals surface area contributed by atoms with Crippen molar-refractivity contribution in [3.05, 3.63) is 63.7 Å². The van der Waals surface area contributed by atoms with E-state index in [0.717, 1.165) is 12.1 Å². The summed E-state index contributed by atoms with van der Waals surface area (Å²) in [6, 6.07) is 8.68. The molecule has 0 unspecified atom stereocenters. The van der Waals surface area contributed by atoms with Crippen LogP contribution in [0.4, 0.5) is 13.6 Å². The minimum absolute atomic E-state index is 0.273. The lowest BCUT2D eigenvalue weighted by atomic mass is 9.49. The van der Waals surface area contributed by atoms with Crippen LogP contribution in [0, 0.1) is 33.8 Å². The first kappa shape index (κ1) is 33.1. The van der Waals surface area contributed by atoms with E-state index in [0.29, 0.717) is 42.9 Å². The average Bonchev–Trinajstić information content (AvgIpc) is 2.86. The van der Waals surface area contributed by atoms with Crippen molar-refractivity contribution >= 4 is 23.6 Å². The Morgan fingerprint density at radius 2 is 1.64 bits per heavy atom. The number of benzene rings is 2. The van der Waals surface area contributed by atoms with Gasteiger partial charge in [-0.15, -0.1) is 0 Å². The fourth-order valence-corrected chi connectivity index (χ4v) is 5.92. The first-order chi connectivity index (χ1) is 19.5. The van der Waals surface area contributed by atoms with Gasteiger partial charge in [-0.1, -0.05) is 39.3 Å². The minimum atomic E-state index is -0.941. The van der Waals surface area contributed by atoms with Crippen molar-refractivity contribution in [2.75, 3.05) is 19.6 Å². The molecule has 8 nitrogen and oxygen atoms in total. The van der Waals surface area contributed by atoms with E-state index >= 15 is 0 Å². The smallest absolute Gasteiger partial charge is 0.407 e. The average molecular weight is 605 g/mol. The summed E-state index contributed by atoms with van der Waals surface area (Å²) in [4.78, 5) is 24.8. The van der Waals surface area contributed by atoms with Gasteiger partial charge in [-0.25, -0.2) is 13.6 Å². The maximum Gasteiger partial charge on any atom is 0.407 e. The molecule has 0 saturated heterocycles. The van der Waals surface area contributed by atoms with Crippen LogP contribution in [0.2, 0.25) is 5.02 Å². The summed E-state index contributed by atoms with van der Waals surface area (Å²) in [6.07, 6.45) is -0.554. The highest BCUT2D eigenvalue weighted by molar-refractivity contribution is 6.31. The van der Waals surface area contributed by atoms with Crippen LogP contribution in [0.25, 0.3) is 0 Å². The van der Waals surface area contributed by atoms with E-state index < -0.39 is 51.7 Å². The standard InChI is InChI=1S/C31H39ClF2N4O4/c1-29(2,3)42-28(40)37-13-12-36-11-10-18-14-22(33)24(23(34)15-18)25(39)38-26-30(4,5)27(31(26,6)7)41-20-9-8-19(17-35)21(32)16-20/h8-9,14-16,26-27,36H,10-13H2,1-7H3,(H,37,40)(H,38,39). The predicted octanol–water partition coefficient (Wildman–Crippen LogP) is 5.76. The first-order valence-electron chi connectivity index (χ1n) is 13.8. The minimum Gasteiger partial charge on any atom is -0.489 e. The third-order valence-corrected chi connectivity index (χ3v) is 7.63. The SMILES string of the molecule is CC(C)(C)OC(=O)NCCNCCc1cc(F)c(C(=O)NC2C(C)(C)C(Oc3ccc(C#N)c(Cl)c3)C2(C)C)c(F)c1. The third-order valence-electron chi connectivity index (χ3n) is 7.32. The number of ether oxygens (including phenoxy) is 2. The van der Waals surface area contributed by atoms with E-state index in [4.69, 9.17) is 26.3 Å². The van der Waals surface area contributed by atoms with E-state index in [1.54, 1.807) is 39.0 Å². The molecule has 228 valence electrons. The fourth-order valence-electron chi connectivity index (χ4n) is 5.71. The topological polar surface area (TPSA) is 112 Å². The Morgan fingerprint density at radius 3 is 2.19 bits per heavy atom. The number of carbonyl (C=O) groups excluding carboxylic acids is 2. The number of halogens is 3. The summed E-state index contributed by atoms with van der Waals surface area (Å²) in [7, 11) is 0. The second kappa shape index (κ2) is 12.8. The van der Waals surface area contributed by atoms with Crippen LogP contribution in [0.5, 0.6) is 5.75 Å². The molecule has 0 radical (unpaired) electrons. The van der Waals surface area contributed by atoms with E-state index in [1.807, 2.05) is 33.8 Å². The Morgan fingerprint density at radius 1 is 1.02 bits per heavy atom. The maximum atomic E-state index is 15.0. The number of nitrogens with zero attached hydrogens (tertiary/aromatic N) is 1. The molecular formula is C31H39ClF2N4O4. The molecule has 1 aliphatic carbocycles. The molecule has 1 saturated carbocycles. The van der Waals surface area contributed by atoms with Gasteiger partial charge in [-0.05, 0) is 63.6 Å². The Balaban J connectivity index is 1.56. The number of alkyl carbamates (subject to hydrolysis) is 1. The summed E-state index contributed by atoms with van der Waals surface area (Å²) in [6.45, 7) is 14.1. The van der Waals surface area contributed by atoms with Crippen molar-refractivity contribution < 1.29 is 27.8 Å². The number of nitrogens with one attached hydrogen (secondary N) is 3. The van der Waals surface area contributed by atoms with E-state index in [1.165, 1.54) is 0 Å². The molecule has 11 heteroatoms. The van der Waals surface area contributed by atoms with Crippen molar-refractivity contribution in [2.24, 2.45) is 10.8 Å². The normalized spacial score (nSPS) is 18.8. The molecule has 2 amide bonds. The molecular weight excluding hydrogens is 566 g/mol. The van der Waals surface area contributed by atoms with Crippen molar-refractivity contribution in [1.82, 2.24) is 16.0 Å². The lowest BCUT2D eigenvalue weighted by Crippen LogP contribution is -2.74. The number of rotatable bonds is 10. The zero-order valence-corrected chi connectivity index (χ0v) is 25.8. The summed E-state index contributed by atoms with van der Waals surface area (Å²) >= 11 is 6.15. The number of amides is 2. The summed E-state index contributed by atoms with van der Waals surface area (Å²) < 4.78 is 41.4. The highest BCUT2D eigenvalue weighted by Gasteiger charge is 2.64. The highest BCUT2D eigenvalue weighted by atomic mass is 35.5. The second-order valence-corrected chi connectivity index (χ2v) is 13.1. The molecule has 0 heterocycles. The van der Waals surface area contributed by atoms with Gasteiger partial charge in [-0.2, -0.15) is 5.26 Å². The Bertz CT molecular complexity index is 1330. The van der Waals surface area contributed by atoms with E-state index in [-0.39, 0.29) is 11.1 Å². The molecule has 1 aliphatic rings. The molecule has 2 aromatic rings. The van der Waals surface area contributed by atoms with Crippen molar-refractivity contribution in [3.63, 3.8) is 0 Å². The third kappa shape index (κ3) is 7.69. The quantitative estimate of drug-likeness (QED) is 0.297. The van der Waals surface area contributed by atoms with Gasteiger partial charge < -0.3 is 25.4 Å². The molecule has 3 N–H and O–H groups in total. The van der Waals surface area contributed by atoms with Crippen LogP contribution in [0.15, 0.2) is 30.3 Å². The van der Waals surface area contributed by atoms with Gasteiger partial charge >= 0.3 is 6.09 Å². The molecule has 0 spiro atoms. The van der Waals surface area contributed by atoms with Gasteiger partial charge in [0.1, 0.15) is 40.7 Å². The fraction of sp³-hybridized carbons (Fsp3) is 0.516. The van der Waals surface area contributed by atoms with E-state index in [2.05, 4.69) is 16.0 Å². The molecule has 0 aromatic heterocycles. The van der Waals surface area contributed by atoms with Crippen molar-refractivity contribution in [2.45, 2.75) is 72.6 Å². The highest BCUT2D eigenvalue weighted by Crippen LogP contribution is 2.55. The van der Waals surface area contributed by atoms with Crippen LogP contribution < -0.4 is 20.7 Å². The van der Waals surface area contributed by atoms with Crippen LogP contribution in [0.3, 0.4) is 0 Å².